The fourth-order valence-corrected chi connectivity index (χ4v) is 5.14. The topological polar surface area (TPSA) is 52.2 Å². The fraction of sp³-hybridized carbons (Fsp3) is 0.789. The molecular formula is C19H30N4O. The van der Waals surface area contributed by atoms with Crippen molar-refractivity contribution in [3.8, 4) is 0 Å². The van der Waals surface area contributed by atoms with Crippen molar-refractivity contribution in [1.82, 2.24) is 19.8 Å². The van der Waals surface area contributed by atoms with Crippen LogP contribution in [-0.2, 0) is 11.2 Å². The number of carbonyl (C=O) groups excluding carboxylic acids is 1. The van der Waals surface area contributed by atoms with Crippen LogP contribution in [0.25, 0.3) is 0 Å². The Kier molecular flexibility index (Phi) is 4.61. The van der Waals surface area contributed by atoms with Gasteiger partial charge >= 0.3 is 0 Å². The molecule has 4 rings (SSSR count). The van der Waals surface area contributed by atoms with Crippen molar-refractivity contribution in [2.24, 2.45) is 5.41 Å². The van der Waals surface area contributed by atoms with Crippen molar-refractivity contribution in [3.63, 3.8) is 0 Å². The minimum Gasteiger partial charge on any atom is -0.348 e. The van der Waals surface area contributed by atoms with Crippen LogP contribution < -0.4 is 0 Å². The molecule has 24 heavy (non-hydrogen) atoms. The number of amides is 1. The summed E-state index contributed by atoms with van der Waals surface area (Å²) in [6.45, 7) is 4.27. The average Bonchev–Trinajstić information content (AvgIpc) is 3.30. The highest BCUT2D eigenvalue weighted by Gasteiger charge is 2.43. The summed E-state index contributed by atoms with van der Waals surface area (Å²) in [5.74, 6) is 0.345. The van der Waals surface area contributed by atoms with Gasteiger partial charge in [0.1, 0.15) is 0 Å². The molecule has 1 aliphatic carbocycles. The van der Waals surface area contributed by atoms with Gasteiger partial charge in [0.05, 0.1) is 6.33 Å². The molecule has 3 fully saturated rings. The number of aromatic nitrogens is 2. The van der Waals surface area contributed by atoms with Crippen molar-refractivity contribution >= 4 is 5.91 Å². The monoisotopic (exact) mass is 330 g/mol. The van der Waals surface area contributed by atoms with Crippen LogP contribution in [0, 0.1) is 5.41 Å². The second-order valence-corrected chi connectivity index (χ2v) is 8.15. The van der Waals surface area contributed by atoms with E-state index in [0.29, 0.717) is 11.3 Å². The van der Waals surface area contributed by atoms with Gasteiger partial charge in [0, 0.05) is 55.8 Å². The first-order chi connectivity index (χ1) is 11.7. The lowest BCUT2D eigenvalue weighted by molar-refractivity contribution is -0.139. The van der Waals surface area contributed by atoms with Crippen molar-refractivity contribution in [2.75, 3.05) is 26.2 Å². The molecule has 0 bridgehead atoms. The number of aromatic amines is 1. The van der Waals surface area contributed by atoms with Crippen LogP contribution in [0.3, 0.4) is 0 Å². The first-order valence-corrected chi connectivity index (χ1v) is 9.73. The lowest BCUT2D eigenvalue weighted by Crippen LogP contribution is -2.55. The molecular weight excluding hydrogens is 300 g/mol. The summed E-state index contributed by atoms with van der Waals surface area (Å²) >= 11 is 0. The van der Waals surface area contributed by atoms with Crippen LogP contribution >= 0.6 is 0 Å². The first kappa shape index (κ1) is 16.1. The van der Waals surface area contributed by atoms with Gasteiger partial charge in [0.15, 0.2) is 0 Å². The number of likely N-dealkylation sites (tertiary alicyclic amines) is 2. The summed E-state index contributed by atoms with van der Waals surface area (Å²) in [6, 6.07) is 0.818. The molecule has 1 atom stereocenters. The molecule has 1 aromatic heterocycles. The van der Waals surface area contributed by atoms with Gasteiger partial charge in [-0.05, 0) is 38.6 Å². The minimum absolute atomic E-state index is 0.345. The number of nitrogens with one attached hydrogen (secondary N) is 1. The molecule has 1 amide bonds. The molecule has 2 saturated heterocycles. The minimum atomic E-state index is 0.345. The number of hydrogen-bond donors (Lipinski definition) is 1. The average molecular weight is 330 g/mol. The largest absolute Gasteiger partial charge is 0.348 e. The van der Waals surface area contributed by atoms with Crippen LogP contribution in [0.2, 0.25) is 0 Å². The van der Waals surface area contributed by atoms with Crippen LogP contribution in [0.5, 0.6) is 0 Å². The fourth-order valence-electron chi connectivity index (χ4n) is 5.14. The summed E-state index contributed by atoms with van der Waals surface area (Å²) in [5, 5.41) is 0. The highest BCUT2D eigenvalue weighted by Crippen LogP contribution is 2.41. The molecule has 5 heteroatoms. The zero-order chi connectivity index (χ0) is 16.4. The van der Waals surface area contributed by atoms with Crippen LogP contribution in [0.15, 0.2) is 12.5 Å². The van der Waals surface area contributed by atoms with E-state index >= 15 is 0 Å². The molecule has 1 aromatic rings. The zero-order valence-corrected chi connectivity index (χ0v) is 14.7. The van der Waals surface area contributed by atoms with E-state index in [4.69, 9.17) is 0 Å². The number of hydrogen-bond acceptors (Lipinski definition) is 3. The van der Waals surface area contributed by atoms with Crippen molar-refractivity contribution in [3.05, 3.63) is 18.2 Å². The molecule has 3 aliphatic rings. The SMILES string of the molecule is O=C1CC[C@]2(CCCN(C3CCCC3)C2)CN1CCc1cnc[nH]1. The number of imidazole rings is 1. The molecule has 1 spiro atoms. The van der Waals surface area contributed by atoms with E-state index in [2.05, 4.69) is 19.8 Å². The number of H-pyrrole nitrogens is 1. The van der Waals surface area contributed by atoms with Gasteiger partial charge in [-0.3, -0.25) is 9.69 Å². The maximum Gasteiger partial charge on any atom is 0.222 e. The van der Waals surface area contributed by atoms with Gasteiger partial charge in [0.2, 0.25) is 5.91 Å². The standard InChI is InChI=1S/C19H30N4O/c24-18-6-9-19(14-23(18)11-7-16-12-20-15-21-16)8-3-10-22(13-19)17-4-1-2-5-17/h12,15,17H,1-11,13-14H2,(H,20,21)/t19-/m0/s1. The molecule has 3 heterocycles. The summed E-state index contributed by atoms with van der Waals surface area (Å²) in [6.07, 6.45) is 14.5. The number of nitrogens with zero attached hydrogens (tertiary/aromatic N) is 3. The normalized spacial score (nSPS) is 29.7. The summed E-state index contributed by atoms with van der Waals surface area (Å²) in [4.78, 5) is 24.5. The summed E-state index contributed by atoms with van der Waals surface area (Å²) < 4.78 is 0. The maximum atomic E-state index is 12.4. The highest BCUT2D eigenvalue weighted by atomic mass is 16.2. The first-order valence-electron chi connectivity index (χ1n) is 9.73. The summed E-state index contributed by atoms with van der Waals surface area (Å²) in [5.41, 5.74) is 1.47. The molecule has 1 saturated carbocycles. The molecule has 1 N–H and O–H groups in total. The predicted octanol–water partition coefficient (Wildman–Crippen LogP) is 2.60. The lowest BCUT2D eigenvalue weighted by atomic mass is 9.73. The van der Waals surface area contributed by atoms with Gasteiger partial charge < -0.3 is 9.88 Å². The third kappa shape index (κ3) is 3.37. The predicted molar refractivity (Wildman–Crippen MR) is 93.6 cm³/mol. The number of piperidine rings is 2. The third-order valence-corrected chi connectivity index (χ3v) is 6.49. The second kappa shape index (κ2) is 6.87. The smallest absolute Gasteiger partial charge is 0.222 e. The van der Waals surface area contributed by atoms with Gasteiger partial charge in [-0.1, -0.05) is 12.8 Å². The number of carbonyl (C=O) groups is 1. The molecule has 5 nitrogen and oxygen atoms in total. The van der Waals surface area contributed by atoms with Crippen LogP contribution in [0.4, 0.5) is 0 Å². The van der Waals surface area contributed by atoms with Gasteiger partial charge in [-0.25, -0.2) is 4.98 Å². The van der Waals surface area contributed by atoms with Crippen molar-refractivity contribution in [1.29, 1.82) is 0 Å². The Bertz CT molecular complexity index is 552. The van der Waals surface area contributed by atoms with Gasteiger partial charge in [0.25, 0.3) is 0 Å². The van der Waals surface area contributed by atoms with Crippen LogP contribution in [0.1, 0.15) is 57.1 Å². The van der Waals surface area contributed by atoms with Crippen LogP contribution in [-0.4, -0.2) is 57.9 Å². The Morgan fingerprint density at radius 2 is 2.08 bits per heavy atom. The Hall–Kier alpha value is -1.36. The Balaban J connectivity index is 1.39. The van der Waals surface area contributed by atoms with Crippen molar-refractivity contribution < 1.29 is 4.79 Å². The molecule has 0 unspecified atom stereocenters. The molecule has 0 radical (unpaired) electrons. The van der Waals surface area contributed by atoms with Crippen molar-refractivity contribution in [2.45, 2.75) is 63.8 Å². The zero-order valence-electron chi connectivity index (χ0n) is 14.7. The third-order valence-electron chi connectivity index (χ3n) is 6.49. The van der Waals surface area contributed by atoms with Gasteiger partial charge in [-0.2, -0.15) is 0 Å². The van der Waals surface area contributed by atoms with E-state index in [1.165, 1.54) is 51.6 Å². The highest BCUT2D eigenvalue weighted by molar-refractivity contribution is 5.77. The Morgan fingerprint density at radius 3 is 2.88 bits per heavy atom. The lowest BCUT2D eigenvalue weighted by Gasteiger charge is -2.49. The van der Waals surface area contributed by atoms with E-state index < -0.39 is 0 Å². The maximum absolute atomic E-state index is 12.4. The van der Waals surface area contributed by atoms with E-state index in [-0.39, 0.29) is 0 Å². The molecule has 0 aromatic carbocycles. The Labute approximate surface area is 144 Å². The molecule has 2 aliphatic heterocycles. The second-order valence-electron chi connectivity index (χ2n) is 8.15. The van der Waals surface area contributed by atoms with E-state index in [1.807, 2.05) is 6.20 Å². The quantitative estimate of drug-likeness (QED) is 0.923. The van der Waals surface area contributed by atoms with E-state index in [0.717, 1.165) is 44.1 Å². The summed E-state index contributed by atoms with van der Waals surface area (Å²) in [7, 11) is 0. The van der Waals surface area contributed by atoms with E-state index in [9.17, 15) is 4.79 Å². The Morgan fingerprint density at radius 1 is 1.21 bits per heavy atom. The van der Waals surface area contributed by atoms with Gasteiger partial charge in [-0.15, -0.1) is 0 Å². The van der Waals surface area contributed by atoms with E-state index in [1.54, 1.807) is 6.33 Å². The number of rotatable bonds is 4. The molecule has 132 valence electrons.